The second kappa shape index (κ2) is 6.49. The van der Waals surface area contributed by atoms with E-state index in [9.17, 15) is 9.18 Å². The Bertz CT molecular complexity index is 398. The number of nitrogen functional groups attached to an aromatic ring is 1. The summed E-state index contributed by atoms with van der Waals surface area (Å²) < 4.78 is 12.9. The largest absolute Gasteiger partial charge is 0.396 e. The Hall–Kier alpha value is -1.23. The van der Waals surface area contributed by atoms with Crippen LogP contribution in [-0.4, -0.2) is 23.5 Å². The van der Waals surface area contributed by atoms with Gasteiger partial charge in [0.25, 0.3) is 5.91 Å². The highest BCUT2D eigenvalue weighted by molar-refractivity contribution is 7.99. The van der Waals surface area contributed by atoms with E-state index in [4.69, 9.17) is 5.73 Å². The first-order valence-electron chi connectivity index (χ1n) is 5.48. The number of anilines is 1. The van der Waals surface area contributed by atoms with E-state index < -0.39 is 5.82 Å². The fourth-order valence-corrected chi connectivity index (χ4v) is 2.00. The molecule has 3 nitrogen and oxygen atoms in total. The van der Waals surface area contributed by atoms with Gasteiger partial charge in [-0.05, 0) is 30.9 Å². The third-order valence-corrected chi connectivity index (χ3v) is 3.35. The van der Waals surface area contributed by atoms with Gasteiger partial charge in [-0.25, -0.2) is 4.39 Å². The van der Waals surface area contributed by atoms with Crippen LogP contribution < -0.4 is 11.1 Å². The van der Waals surface area contributed by atoms with Crippen LogP contribution in [0.4, 0.5) is 10.1 Å². The van der Waals surface area contributed by atoms with Crippen molar-refractivity contribution in [2.45, 2.75) is 19.9 Å². The zero-order chi connectivity index (χ0) is 12.8. The lowest BCUT2D eigenvalue weighted by Gasteiger charge is -2.13. The van der Waals surface area contributed by atoms with Gasteiger partial charge in [-0.3, -0.25) is 4.79 Å². The van der Waals surface area contributed by atoms with Gasteiger partial charge in [-0.1, -0.05) is 6.92 Å². The Balaban J connectivity index is 2.60. The number of benzene rings is 1. The molecular formula is C12H17FN2OS. The number of amides is 1. The van der Waals surface area contributed by atoms with E-state index in [1.807, 2.05) is 6.92 Å². The van der Waals surface area contributed by atoms with Gasteiger partial charge < -0.3 is 11.1 Å². The summed E-state index contributed by atoms with van der Waals surface area (Å²) in [5.41, 5.74) is 5.79. The van der Waals surface area contributed by atoms with Crippen molar-refractivity contribution in [3.05, 3.63) is 29.6 Å². The molecular weight excluding hydrogens is 239 g/mol. The van der Waals surface area contributed by atoms with Crippen molar-refractivity contribution in [3.63, 3.8) is 0 Å². The van der Waals surface area contributed by atoms with Crippen LogP contribution in [0, 0.1) is 5.82 Å². The second-order valence-corrected chi connectivity index (χ2v) is 5.09. The minimum Gasteiger partial charge on any atom is -0.396 e. The minimum absolute atomic E-state index is 0.00626. The Morgan fingerprint density at radius 2 is 2.29 bits per heavy atom. The zero-order valence-electron chi connectivity index (χ0n) is 10.00. The lowest BCUT2D eigenvalue weighted by molar-refractivity contribution is 0.0944. The van der Waals surface area contributed by atoms with Gasteiger partial charge in [0.05, 0.1) is 5.69 Å². The maximum Gasteiger partial charge on any atom is 0.251 e. The molecule has 1 rings (SSSR count). The average molecular weight is 256 g/mol. The fraction of sp³-hybridized carbons (Fsp3) is 0.417. The summed E-state index contributed by atoms with van der Waals surface area (Å²) >= 11 is 1.76. The smallest absolute Gasteiger partial charge is 0.251 e. The number of thioether (sulfide) groups is 1. The quantitative estimate of drug-likeness (QED) is 0.795. The third kappa shape index (κ3) is 4.26. The van der Waals surface area contributed by atoms with Crippen molar-refractivity contribution in [1.82, 2.24) is 5.32 Å². The summed E-state index contributed by atoms with van der Waals surface area (Å²) in [6, 6.07) is 4.07. The van der Waals surface area contributed by atoms with Gasteiger partial charge in [-0.2, -0.15) is 11.8 Å². The van der Waals surface area contributed by atoms with Crippen LogP contribution in [0.3, 0.4) is 0 Å². The molecule has 0 aliphatic rings. The second-order valence-electron chi connectivity index (χ2n) is 3.77. The van der Waals surface area contributed by atoms with Gasteiger partial charge in [0, 0.05) is 17.4 Å². The van der Waals surface area contributed by atoms with E-state index in [1.54, 1.807) is 11.8 Å². The van der Waals surface area contributed by atoms with E-state index in [0.717, 1.165) is 11.5 Å². The molecule has 0 fully saturated rings. The van der Waals surface area contributed by atoms with Crippen molar-refractivity contribution in [1.29, 1.82) is 0 Å². The Labute approximate surface area is 105 Å². The highest BCUT2D eigenvalue weighted by Gasteiger charge is 2.11. The average Bonchev–Trinajstić information content (AvgIpc) is 2.30. The lowest BCUT2D eigenvalue weighted by Crippen LogP contribution is -2.34. The zero-order valence-corrected chi connectivity index (χ0v) is 10.8. The summed E-state index contributed by atoms with van der Waals surface area (Å²) in [6.07, 6.45) is 0. The normalized spacial score (nSPS) is 12.2. The van der Waals surface area contributed by atoms with Gasteiger partial charge in [0.1, 0.15) is 5.82 Å². The molecule has 3 N–H and O–H groups in total. The number of hydrogen-bond donors (Lipinski definition) is 2. The van der Waals surface area contributed by atoms with Crippen molar-refractivity contribution in [3.8, 4) is 0 Å². The number of hydrogen-bond acceptors (Lipinski definition) is 3. The Morgan fingerprint density at radius 1 is 1.59 bits per heavy atom. The predicted molar refractivity (Wildman–Crippen MR) is 70.7 cm³/mol. The number of nitrogens with one attached hydrogen (secondary N) is 1. The van der Waals surface area contributed by atoms with Crippen LogP contribution in [0.25, 0.3) is 0 Å². The summed E-state index contributed by atoms with van der Waals surface area (Å²) in [4.78, 5) is 11.8. The standard InChI is InChI=1S/C12H17FN2OS/c1-3-17-7-8(2)15-12(16)9-4-5-10(13)11(14)6-9/h4-6,8H,3,7,14H2,1-2H3,(H,15,16). The van der Waals surface area contributed by atoms with Gasteiger partial charge in [0.2, 0.25) is 0 Å². The van der Waals surface area contributed by atoms with Crippen LogP contribution in [0.1, 0.15) is 24.2 Å². The summed E-state index contributed by atoms with van der Waals surface area (Å²) in [6.45, 7) is 4.01. The molecule has 1 amide bonds. The number of carbonyl (C=O) groups excluding carboxylic acids is 1. The highest BCUT2D eigenvalue weighted by atomic mass is 32.2. The van der Waals surface area contributed by atoms with E-state index in [-0.39, 0.29) is 17.6 Å². The molecule has 1 aromatic rings. The van der Waals surface area contributed by atoms with Crippen LogP contribution >= 0.6 is 11.8 Å². The molecule has 0 heterocycles. The monoisotopic (exact) mass is 256 g/mol. The first-order valence-corrected chi connectivity index (χ1v) is 6.63. The summed E-state index contributed by atoms with van der Waals surface area (Å²) in [5, 5.41) is 2.84. The molecule has 1 unspecified atom stereocenters. The SMILES string of the molecule is CCSCC(C)NC(=O)c1ccc(F)c(N)c1. The third-order valence-electron chi connectivity index (χ3n) is 2.21. The predicted octanol–water partition coefficient (Wildman–Crippen LogP) is 2.28. The first kappa shape index (κ1) is 13.8. The number of halogens is 1. The maximum absolute atomic E-state index is 12.9. The maximum atomic E-state index is 12.9. The summed E-state index contributed by atoms with van der Waals surface area (Å²) in [5.74, 6) is 1.15. The van der Waals surface area contributed by atoms with E-state index in [1.165, 1.54) is 18.2 Å². The van der Waals surface area contributed by atoms with Crippen LogP contribution in [0.2, 0.25) is 0 Å². The molecule has 0 radical (unpaired) electrons. The van der Waals surface area contributed by atoms with Gasteiger partial charge in [0.15, 0.2) is 0 Å². The van der Waals surface area contributed by atoms with Gasteiger partial charge >= 0.3 is 0 Å². The molecule has 1 atom stereocenters. The highest BCUT2D eigenvalue weighted by Crippen LogP contribution is 2.12. The molecule has 0 aliphatic heterocycles. The van der Waals surface area contributed by atoms with Crippen LogP contribution in [0.15, 0.2) is 18.2 Å². The molecule has 1 aromatic carbocycles. The Morgan fingerprint density at radius 3 is 2.88 bits per heavy atom. The van der Waals surface area contributed by atoms with E-state index in [0.29, 0.717) is 5.56 Å². The molecule has 0 bridgehead atoms. The van der Waals surface area contributed by atoms with Crippen molar-refractivity contribution in [2.24, 2.45) is 0 Å². The minimum atomic E-state index is -0.504. The molecule has 17 heavy (non-hydrogen) atoms. The van der Waals surface area contributed by atoms with Crippen LogP contribution in [0.5, 0.6) is 0 Å². The number of rotatable bonds is 5. The molecule has 0 saturated carbocycles. The molecule has 0 spiro atoms. The van der Waals surface area contributed by atoms with Crippen molar-refractivity contribution in [2.75, 3.05) is 17.2 Å². The van der Waals surface area contributed by atoms with Crippen molar-refractivity contribution >= 4 is 23.4 Å². The van der Waals surface area contributed by atoms with E-state index in [2.05, 4.69) is 12.2 Å². The molecule has 5 heteroatoms. The lowest BCUT2D eigenvalue weighted by atomic mass is 10.1. The molecule has 0 aromatic heterocycles. The first-order chi connectivity index (χ1) is 8.04. The molecule has 0 aliphatic carbocycles. The van der Waals surface area contributed by atoms with Gasteiger partial charge in [-0.15, -0.1) is 0 Å². The van der Waals surface area contributed by atoms with Crippen LogP contribution in [-0.2, 0) is 0 Å². The topological polar surface area (TPSA) is 55.1 Å². The number of nitrogens with two attached hydrogens (primary N) is 1. The Kier molecular flexibility index (Phi) is 5.28. The molecule has 0 saturated heterocycles. The fourth-order valence-electron chi connectivity index (χ4n) is 1.33. The molecule has 94 valence electrons. The van der Waals surface area contributed by atoms with Crippen molar-refractivity contribution < 1.29 is 9.18 Å². The summed E-state index contributed by atoms with van der Waals surface area (Å²) in [7, 11) is 0. The number of carbonyl (C=O) groups is 1. The van der Waals surface area contributed by atoms with E-state index >= 15 is 0 Å².